The van der Waals surface area contributed by atoms with Crippen LogP contribution in [-0.4, -0.2) is 25.2 Å². The molecule has 0 bridgehead atoms. The van der Waals surface area contributed by atoms with Crippen molar-refractivity contribution in [2.45, 2.75) is 12.8 Å². The monoisotopic (exact) mass is 343 g/mol. The van der Waals surface area contributed by atoms with Crippen molar-refractivity contribution in [1.82, 2.24) is 0 Å². The highest BCUT2D eigenvalue weighted by molar-refractivity contribution is 5.45. The number of ether oxygens (including phenoxy) is 3. The molecule has 2 rings (SSSR count). The Hall–Kier alpha value is -3.02. The predicted octanol–water partition coefficient (Wildman–Crippen LogP) is 4.18. The molecule has 0 aliphatic carbocycles. The number of hydrogen-bond acceptors (Lipinski definition) is 5. The molecule has 0 aliphatic rings. The highest BCUT2D eigenvalue weighted by atomic mass is 16.6. The average molecular weight is 343 g/mol. The van der Waals surface area contributed by atoms with Gasteiger partial charge in [-0.05, 0) is 30.2 Å². The number of allylic oxidation sites excluding steroid dienone is 1. The van der Waals surface area contributed by atoms with Gasteiger partial charge in [0.25, 0.3) is 0 Å². The van der Waals surface area contributed by atoms with E-state index in [0.29, 0.717) is 31.1 Å². The molecule has 2 aromatic carbocycles. The van der Waals surface area contributed by atoms with Gasteiger partial charge in [-0.25, -0.2) is 0 Å². The van der Waals surface area contributed by atoms with E-state index in [1.165, 1.54) is 6.07 Å². The number of rotatable bonds is 10. The smallest absolute Gasteiger partial charge is 0.310 e. The molecular weight excluding hydrogens is 322 g/mol. The van der Waals surface area contributed by atoms with Gasteiger partial charge in [-0.15, -0.1) is 6.58 Å². The van der Waals surface area contributed by atoms with Crippen molar-refractivity contribution in [3.05, 3.63) is 70.8 Å². The van der Waals surface area contributed by atoms with Gasteiger partial charge in [-0.2, -0.15) is 0 Å². The van der Waals surface area contributed by atoms with E-state index in [4.69, 9.17) is 14.2 Å². The third-order valence-electron chi connectivity index (χ3n) is 3.47. The van der Waals surface area contributed by atoms with Gasteiger partial charge in [0.1, 0.15) is 0 Å². The van der Waals surface area contributed by atoms with Crippen molar-refractivity contribution in [2.75, 3.05) is 20.3 Å². The maximum Gasteiger partial charge on any atom is 0.310 e. The highest BCUT2D eigenvalue weighted by Crippen LogP contribution is 2.29. The highest BCUT2D eigenvalue weighted by Gasteiger charge is 2.13. The normalized spacial score (nSPS) is 10.1. The Labute approximate surface area is 146 Å². The maximum absolute atomic E-state index is 10.9. The molecule has 0 unspecified atom stereocenters. The molecule has 0 radical (unpaired) electrons. The maximum atomic E-state index is 10.9. The van der Waals surface area contributed by atoms with Gasteiger partial charge in [-0.1, -0.05) is 24.3 Å². The Bertz CT molecular complexity index is 730. The molecular formula is C19H21NO5. The zero-order valence-corrected chi connectivity index (χ0v) is 14.1. The van der Waals surface area contributed by atoms with Crippen LogP contribution in [0.3, 0.4) is 0 Å². The topological polar surface area (TPSA) is 70.8 Å². The Morgan fingerprint density at radius 1 is 1.08 bits per heavy atom. The summed E-state index contributed by atoms with van der Waals surface area (Å²) in [4.78, 5) is 10.5. The van der Waals surface area contributed by atoms with Gasteiger partial charge >= 0.3 is 5.69 Å². The summed E-state index contributed by atoms with van der Waals surface area (Å²) in [6, 6.07) is 12.1. The first-order valence-corrected chi connectivity index (χ1v) is 7.92. The van der Waals surface area contributed by atoms with Crippen LogP contribution in [0.25, 0.3) is 0 Å². The van der Waals surface area contributed by atoms with E-state index in [1.807, 2.05) is 24.3 Å². The number of nitro benzene ring substituents is 1. The summed E-state index contributed by atoms with van der Waals surface area (Å²) in [5, 5.41) is 10.9. The number of benzene rings is 2. The van der Waals surface area contributed by atoms with E-state index in [2.05, 4.69) is 6.58 Å². The largest absolute Gasteiger partial charge is 0.493 e. The van der Waals surface area contributed by atoms with Crippen LogP contribution < -0.4 is 14.2 Å². The molecule has 0 spiro atoms. The zero-order chi connectivity index (χ0) is 18.1. The molecule has 0 N–H and O–H groups in total. The second-order valence-electron chi connectivity index (χ2n) is 5.25. The van der Waals surface area contributed by atoms with Crippen molar-refractivity contribution >= 4 is 5.69 Å². The van der Waals surface area contributed by atoms with Gasteiger partial charge in [0.05, 0.1) is 25.2 Å². The van der Waals surface area contributed by atoms with Crippen LogP contribution in [0.2, 0.25) is 0 Å². The molecule has 0 fully saturated rings. The van der Waals surface area contributed by atoms with Crippen LogP contribution in [0.4, 0.5) is 5.69 Å². The minimum absolute atomic E-state index is 0.0390. The SMILES string of the molecule is C=CCc1ccc(OCCCOc2ccccc2[N+](=O)[O-])c(OC)c1. The summed E-state index contributed by atoms with van der Waals surface area (Å²) < 4.78 is 16.5. The average Bonchev–Trinajstić information content (AvgIpc) is 2.62. The van der Waals surface area contributed by atoms with Crippen molar-refractivity contribution in [1.29, 1.82) is 0 Å². The van der Waals surface area contributed by atoms with Gasteiger partial charge in [0.2, 0.25) is 0 Å². The van der Waals surface area contributed by atoms with E-state index in [-0.39, 0.29) is 11.4 Å². The van der Waals surface area contributed by atoms with Crippen molar-refractivity contribution in [2.24, 2.45) is 0 Å². The first-order chi connectivity index (χ1) is 12.2. The fourth-order valence-corrected chi connectivity index (χ4v) is 2.28. The van der Waals surface area contributed by atoms with Crippen molar-refractivity contribution in [3.8, 4) is 17.2 Å². The molecule has 132 valence electrons. The summed E-state index contributed by atoms with van der Waals surface area (Å²) in [5.74, 6) is 1.58. The minimum Gasteiger partial charge on any atom is -0.493 e. The number of hydrogen-bond donors (Lipinski definition) is 0. The molecule has 6 heteroatoms. The number of nitrogens with zero attached hydrogens (tertiary/aromatic N) is 1. The summed E-state index contributed by atoms with van der Waals surface area (Å²) >= 11 is 0. The summed E-state index contributed by atoms with van der Waals surface area (Å²) in [5.41, 5.74) is 1.06. The molecule has 0 saturated heterocycles. The van der Waals surface area contributed by atoms with E-state index >= 15 is 0 Å². The molecule has 25 heavy (non-hydrogen) atoms. The van der Waals surface area contributed by atoms with Crippen LogP contribution >= 0.6 is 0 Å². The molecule has 0 aliphatic heterocycles. The Kier molecular flexibility index (Phi) is 6.83. The Balaban J connectivity index is 1.84. The molecule has 2 aromatic rings. The summed E-state index contributed by atoms with van der Waals surface area (Å²) in [6.07, 6.45) is 3.18. The quantitative estimate of drug-likeness (QED) is 0.280. The van der Waals surface area contributed by atoms with E-state index in [9.17, 15) is 10.1 Å². The molecule has 6 nitrogen and oxygen atoms in total. The fraction of sp³-hybridized carbons (Fsp3) is 0.263. The molecule has 0 aromatic heterocycles. The lowest BCUT2D eigenvalue weighted by atomic mass is 10.1. The van der Waals surface area contributed by atoms with E-state index in [1.54, 1.807) is 25.3 Å². The predicted molar refractivity (Wildman–Crippen MR) is 95.6 cm³/mol. The van der Waals surface area contributed by atoms with Gasteiger partial charge in [0.15, 0.2) is 17.2 Å². The third kappa shape index (κ3) is 5.24. The van der Waals surface area contributed by atoms with Crippen LogP contribution in [-0.2, 0) is 6.42 Å². The lowest BCUT2D eigenvalue weighted by Gasteiger charge is -2.12. The molecule has 0 saturated carbocycles. The summed E-state index contributed by atoms with van der Waals surface area (Å²) in [7, 11) is 1.59. The second-order valence-corrected chi connectivity index (χ2v) is 5.25. The second kappa shape index (κ2) is 9.32. The van der Waals surface area contributed by atoms with Crippen molar-refractivity contribution < 1.29 is 19.1 Å². The lowest BCUT2D eigenvalue weighted by Crippen LogP contribution is -2.06. The number of methoxy groups -OCH3 is 1. The van der Waals surface area contributed by atoms with E-state index < -0.39 is 4.92 Å². The van der Waals surface area contributed by atoms with Gasteiger partial charge in [-0.3, -0.25) is 10.1 Å². The molecule has 0 heterocycles. The minimum atomic E-state index is -0.457. The zero-order valence-electron chi connectivity index (χ0n) is 14.1. The van der Waals surface area contributed by atoms with Crippen LogP contribution in [0, 0.1) is 10.1 Å². The van der Waals surface area contributed by atoms with Gasteiger partial charge in [0, 0.05) is 12.5 Å². The standard InChI is InChI=1S/C19H21NO5/c1-3-7-15-10-11-18(19(14-15)23-2)25-13-6-12-24-17-9-5-4-8-16(17)20(21)22/h3-5,8-11,14H,1,6-7,12-13H2,2H3. The Morgan fingerprint density at radius 3 is 2.48 bits per heavy atom. The molecule has 0 amide bonds. The third-order valence-corrected chi connectivity index (χ3v) is 3.47. The van der Waals surface area contributed by atoms with Crippen LogP contribution in [0.15, 0.2) is 55.1 Å². The Morgan fingerprint density at radius 2 is 1.80 bits per heavy atom. The summed E-state index contributed by atoms with van der Waals surface area (Å²) in [6.45, 7) is 4.45. The molecule has 0 atom stereocenters. The van der Waals surface area contributed by atoms with Crippen LogP contribution in [0.5, 0.6) is 17.2 Å². The number of nitro groups is 1. The van der Waals surface area contributed by atoms with Crippen LogP contribution in [0.1, 0.15) is 12.0 Å². The fourth-order valence-electron chi connectivity index (χ4n) is 2.28. The van der Waals surface area contributed by atoms with Crippen molar-refractivity contribution in [3.63, 3.8) is 0 Å². The van der Waals surface area contributed by atoms with Gasteiger partial charge < -0.3 is 14.2 Å². The van der Waals surface area contributed by atoms with E-state index in [0.717, 1.165) is 12.0 Å². The lowest BCUT2D eigenvalue weighted by molar-refractivity contribution is -0.385. The number of para-hydroxylation sites is 2. The first kappa shape index (κ1) is 18.3. The first-order valence-electron chi connectivity index (χ1n) is 7.92.